The summed E-state index contributed by atoms with van der Waals surface area (Å²) in [7, 11) is 0. The molecule has 2 amide bonds. The van der Waals surface area contributed by atoms with Gasteiger partial charge in [-0.05, 0) is 28.1 Å². The number of imide groups is 1. The van der Waals surface area contributed by atoms with E-state index in [9.17, 15) is 14.4 Å². The molecule has 9 heteroatoms. The molecule has 0 fully saturated rings. The number of nitrogens with one attached hydrogen (secondary N) is 1. The van der Waals surface area contributed by atoms with Gasteiger partial charge in [0.1, 0.15) is 16.9 Å². The van der Waals surface area contributed by atoms with Crippen LogP contribution in [0.5, 0.6) is 0 Å². The Labute approximate surface area is 142 Å². The Morgan fingerprint density at radius 1 is 1.04 bits per heavy atom. The van der Waals surface area contributed by atoms with E-state index in [1.54, 1.807) is 12.1 Å². The smallest absolute Gasteiger partial charge is 0.262 e. The molecule has 0 spiro atoms. The van der Waals surface area contributed by atoms with Crippen molar-refractivity contribution in [3.8, 4) is 5.69 Å². The van der Waals surface area contributed by atoms with Gasteiger partial charge in [-0.25, -0.2) is 0 Å². The van der Waals surface area contributed by atoms with Crippen molar-refractivity contribution in [2.24, 2.45) is 0 Å². The van der Waals surface area contributed by atoms with Gasteiger partial charge in [0.25, 0.3) is 17.4 Å². The molecular formula is C15H8BrN5O3. The summed E-state index contributed by atoms with van der Waals surface area (Å²) in [6, 6.07) is 4.44. The highest BCUT2D eigenvalue weighted by Crippen LogP contribution is 2.28. The maximum atomic E-state index is 12.5. The van der Waals surface area contributed by atoms with Crippen LogP contribution < -0.4 is 16.6 Å². The van der Waals surface area contributed by atoms with Gasteiger partial charge >= 0.3 is 0 Å². The number of carbonyl (C=O) groups is 2. The molecule has 1 aromatic carbocycles. The fourth-order valence-corrected chi connectivity index (χ4v) is 3.14. The number of nitrogens with zero attached hydrogens (tertiary/aromatic N) is 3. The average Bonchev–Trinajstić information content (AvgIpc) is 2.84. The van der Waals surface area contributed by atoms with E-state index >= 15 is 0 Å². The number of nitrogens with two attached hydrogens (primary N) is 1. The van der Waals surface area contributed by atoms with E-state index < -0.39 is 17.4 Å². The predicted molar refractivity (Wildman–Crippen MR) is 89.0 cm³/mol. The summed E-state index contributed by atoms with van der Waals surface area (Å²) in [6.45, 7) is 0. The standard InChI is InChI=1S/C15H8BrN5O3/c16-7-1-2-8(12-11(7)18-3-4-19-12)21-9(22)5-6-10(13(21)17)15(24)20-14(6)23/h1-5H,17H2,(H,20,23,24). The quantitative estimate of drug-likeness (QED) is 0.603. The Hall–Kier alpha value is -3.07. The molecule has 24 heavy (non-hydrogen) atoms. The number of benzene rings is 1. The second kappa shape index (κ2) is 4.96. The van der Waals surface area contributed by atoms with Crippen LogP contribution in [0, 0.1) is 0 Å². The number of hydrogen-bond acceptors (Lipinski definition) is 6. The summed E-state index contributed by atoms with van der Waals surface area (Å²) in [5.74, 6) is -1.38. The highest BCUT2D eigenvalue weighted by molar-refractivity contribution is 9.10. The molecule has 8 nitrogen and oxygen atoms in total. The second-order valence-electron chi connectivity index (χ2n) is 5.10. The lowest BCUT2D eigenvalue weighted by atomic mass is 10.1. The van der Waals surface area contributed by atoms with E-state index in [4.69, 9.17) is 5.73 Å². The molecule has 0 radical (unpaired) electrons. The number of carbonyl (C=O) groups excluding carboxylic acids is 2. The molecule has 0 unspecified atom stereocenters. The topological polar surface area (TPSA) is 120 Å². The second-order valence-corrected chi connectivity index (χ2v) is 5.95. The van der Waals surface area contributed by atoms with Gasteiger partial charge in [-0.1, -0.05) is 0 Å². The number of hydrogen-bond donors (Lipinski definition) is 2. The molecule has 1 aliphatic heterocycles. The number of aromatic nitrogens is 3. The van der Waals surface area contributed by atoms with Gasteiger partial charge in [0, 0.05) is 22.9 Å². The number of rotatable bonds is 1. The molecule has 3 aromatic rings. The van der Waals surface area contributed by atoms with E-state index in [-0.39, 0.29) is 16.9 Å². The molecule has 0 aliphatic carbocycles. The lowest BCUT2D eigenvalue weighted by molar-refractivity contribution is 0.0880. The number of nitrogen functional groups attached to an aromatic ring is 1. The lowest BCUT2D eigenvalue weighted by Crippen LogP contribution is -2.24. The van der Waals surface area contributed by atoms with Crippen LogP contribution in [0.1, 0.15) is 20.7 Å². The minimum absolute atomic E-state index is 0.0143. The number of amides is 2. The van der Waals surface area contributed by atoms with Crippen molar-refractivity contribution in [3.63, 3.8) is 0 Å². The van der Waals surface area contributed by atoms with Crippen LogP contribution in [0.15, 0.2) is 39.9 Å². The first kappa shape index (κ1) is 14.5. The van der Waals surface area contributed by atoms with Gasteiger partial charge in [0.05, 0.1) is 16.8 Å². The summed E-state index contributed by atoms with van der Waals surface area (Å²) in [5, 5.41) is 2.13. The largest absolute Gasteiger partial charge is 0.384 e. The van der Waals surface area contributed by atoms with Crippen LogP contribution in [-0.2, 0) is 0 Å². The molecule has 0 saturated heterocycles. The third-order valence-electron chi connectivity index (χ3n) is 3.75. The normalized spacial score (nSPS) is 13.2. The number of pyridine rings is 1. The van der Waals surface area contributed by atoms with Gasteiger partial charge in [-0.2, -0.15) is 0 Å². The van der Waals surface area contributed by atoms with Crippen LogP contribution in [0.2, 0.25) is 0 Å². The maximum absolute atomic E-state index is 12.5. The first-order valence-electron chi connectivity index (χ1n) is 6.80. The Bertz CT molecular complexity index is 1120. The van der Waals surface area contributed by atoms with Crippen LogP contribution in [0.4, 0.5) is 5.82 Å². The summed E-state index contributed by atoms with van der Waals surface area (Å²) < 4.78 is 1.86. The minimum atomic E-state index is -0.633. The van der Waals surface area contributed by atoms with Crippen molar-refractivity contribution in [1.82, 2.24) is 19.9 Å². The Morgan fingerprint density at radius 3 is 2.50 bits per heavy atom. The minimum Gasteiger partial charge on any atom is -0.384 e. The van der Waals surface area contributed by atoms with Crippen LogP contribution in [-0.4, -0.2) is 26.3 Å². The molecule has 2 aromatic heterocycles. The fraction of sp³-hybridized carbons (Fsp3) is 0. The highest BCUT2D eigenvalue weighted by Gasteiger charge is 2.32. The Balaban J connectivity index is 2.12. The van der Waals surface area contributed by atoms with Crippen molar-refractivity contribution in [3.05, 3.63) is 56.5 Å². The Kier molecular flexibility index (Phi) is 3.00. The van der Waals surface area contributed by atoms with Crippen LogP contribution in [0.3, 0.4) is 0 Å². The van der Waals surface area contributed by atoms with Gasteiger partial charge in [-0.3, -0.25) is 34.2 Å². The fourth-order valence-electron chi connectivity index (χ4n) is 2.72. The summed E-state index contributed by atoms with van der Waals surface area (Å²) in [6.07, 6.45) is 3.01. The number of anilines is 1. The molecule has 0 atom stereocenters. The van der Waals surface area contributed by atoms with E-state index in [0.717, 1.165) is 10.6 Å². The molecule has 3 N–H and O–H groups in total. The van der Waals surface area contributed by atoms with E-state index in [1.165, 1.54) is 12.4 Å². The van der Waals surface area contributed by atoms with Crippen LogP contribution in [0.25, 0.3) is 16.7 Å². The molecule has 3 heterocycles. The summed E-state index contributed by atoms with van der Waals surface area (Å²) >= 11 is 3.38. The van der Waals surface area contributed by atoms with Crippen molar-refractivity contribution < 1.29 is 9.59 Å². The highest BCUT2D eigenvalue weighted by atomic mass is 79.9. The van der Waals surface area contributed by atoms with Gasteiger partial charge in [0.2, 0.25) is 0 Å². The van der Waals surface area contributed by atoms with Gasteiger partial charge < -0.3 is 5.73 Å². The Morgan fingerprint density at radius 2 is 1.75 bits per heavy atom. The zero-order valence-electron chi connectivity index (χ0n) is 11.9. The first-order chi connectivity index (χ1) is 11.5. The van der Waals surface area contributed by atoms with E-state index in [2.05, 4.69) is 31.2 Å². The number of halogens is 1. The van der Waals surface area contributed by atoms with Crippen molar-refractivity contribution in [2.45, 2.75) is 0 Å². The van der Waals surface area contributed by atoms with E-state index in [1.807, 2.05) is 0 Å². The lowest BCUT2D eigenvalue weighted by Gasteiger charge is -2.13. The molecule has 0 saturated carbocycles. The zero-order valence-corrected chi connectivity index (χ0v) is 13.5. The maximum Gasteiger partial charge on any atom is 0.262 e. The summed E-state index contributed by atoms with van der Waals surface area (Å²) in [4.78, 5) is 44.7. The van der Waals surface area contributed by atoms with Crippen molar-refractivity contribution >= 4 is 44.6 Å². The van der Waals surface area contributed by atoms with E-state index in [0.29, 0.717) is 21.2 Å². The molecule has 0 bridgehead atoms. The zero-order chi connectivity index (χ0) is 17.0. The van der Waals surface area contributed by atoms with Gasteiger partial charge in [0.15, 0.2) is 0 Å². The van der Waals surface area contributed by atoms with Crippen LogP contribution >= 0.6 is 15.9 Å². The van der Waals surface area contributed by atoms with Gasteiger partial charge in [-0.15, -0.1) is 0 Å². The molecule has 118 valence electrons. The molecule has 1 aliphatic rings. The molecule has 4 rings (SSSR count). The third kappa shape index (κ3) is 1.88. The monoisotopic (exact) mass is 385 g/mol. The van der Waals surface area contributed by atoms with Crippen molar-refractivity contribution in [1.29, 1.82) is 0 Å². The third-order valence-corrected chi connectivity index (χ3v) is 4.39. The van der Waals surface area contributed by atoms with Crippen molar-refractivity contribution in [2.75, 3.05) is 5.73 Å². The molecular weight excluding hydrogens is 378 g/mol. The number of fused-ring (bicyclic) bond motifs is 2. The predicted octanol–water partition coefficient (Wildman–Crippen LogP) is 1.01. The first-order valence-corrected chi connectivity index (χ1v) is 7.59. The summed E-state index contributed by atoms with van der Waals surface area (Å²) in [5.41, 5.74) is 6.82. The average molecular weight is 386 g/mol. The SMILES string of the molecule is Nc1c2c(cc(=O)n1-c1ccc(Br)c3nccnc13)C(=O)NC2=O.